The first-order valence-corrected chi connectivity index (χ1v) is 9.83. The summed E-state index contributed by atoms with van der Waals surface area (Å²) < 4.78 is 2.20. The van der Waals surface area contributed by atoms with E-state index in [1.165, 1.54) is 27.9 Å². The number of halogens is 1. The average Bonchev–Trinajstić information content (AvgIpc) is 2.72. The topological polar surface area (TPSA) is 3.24 Å². The number of anilines is 2. The number of benzene rings is 3. The Kier molecular flexibility index (Phi) is 6.66. The molecule has 0 aliphatic heterocycles. The van der Waals surface area contributed by atoms with Crippen LogP contribution in [-0.4, -0.2) is 0 Å². The molecule has 0 aromatic heterocycles. The Bertz CT molecular complexity index is 953. The fourth-order valence-corrected chi connectivity index (χ4v) is 3.73. The van der Waals surface area contributed by atoms with E-state index >= 15 is 0 Å². The Morgan fingerprint density at radius 1 is 0.815 bits per heavy atom. The molecule has 0 unspecified atom stereocenters. The molecule has 0 bridgehead atoms. The van der Waals surface area contributed by atoms with E-state index in [1.807, 2.05) is 24.3 Å². The molecule has 0 aliphatic rings. The lowest BCUT2D eigenvalue weighted by Crippen LogP contribution is -2.02. The van der Waals surface area contributed by atoms with Gasteiger partial charge in [-0.05, 0) is 53.4 Å². The summed E-state index contributed by atoms with van der Waals surface area (Å²) in [6, 6.07) is 25.7. The molecular formula is C25H22IN. The van der Waals surface area contributed by atoms with E-state index in [2.05, 4.69) is 112 Å². The molecule has 3 aromatic rings. The quantitative estimate of drug-likeness (QED) is 0.204. The van der Waals surface area contributed by atoms with Gasteiger partial charge in [0.1, 0.15) is 0 Å². The zero-order valence-corrected chi connectivity index (χ0v) is 17.5. The second kappa shape index (κ2) is 9.38. The van der Waals surface area contributed by atoms with Crippen molar-refractivity contribution in [3.63, 3.8) is 0 Å². The highest BCUT2D eigenvalue weighted by atomic mass is 127. The number of rotatable bonds is 6. The third-order valence-corrected chi connectivity index (χ3v) is 5.36. The molecule has 0 amide bonds. The molecular weight excluding hydrogens is 441 g/mol. The van der Waals surface area contributed by atoms with Crippen LogP contribution in [0.3, 0.4) is 0 Å². The molecule has 0 heterocycles. The van der Waals surface area contributed by atoms with Crippen molar-refractivity contribution in [2.75, 3.05) is 3.11 Å². The molecule has 3 rings (SSSR count). The summed E-state index contributed by atoms with van der Waals surface area (Å²) in [7, 11) is 0. The van der Waals surface area contributed by atoms with Crippen LogP contribution in [0.2, 0.25) is 0 Å². The van der Waals surface area contributed by atoms with Crippen LogP contribution in [-0.2, 0) is 0 Å². The highest BCUT2D eigenvalue weighted by molar-refractivity contribution is 14.1. The second-order valence-electron chi connectivity index (χ2n) is 6.22. The molecule has 0 spiro atoms. The first-order chi connectivity index (χ1) is 13.2. The van der Waals surface area contributed by atoms with Crippen LogP contribution in [0.25, 0.3) is 17.2 Å². The van der Waals surface area contributed by atoms with E-state index in [1.54, 1.807) is 6.08 Å². The summed E-state index contributed by atoms with van der Waals surface area (Å²) in [6.07, 6.45) is 9.80. The third-order valence-electron chi connectivity index (χ3n) is 4.28. The number of hydrogen-bond acceptors (Lipinski definition) is 1. The first kappa shape index (κ1) is 19.2. The van der Waals surface area contributed by atoms with Crippen molar-refractivity contribution >= 4 is 40.3 Å². The molecule has 0 aliphatic carbocycles. The molecule has 0 N–H and O–H groups in total. The highest BCUT2D eigenvalue weighted by Gasteiger charge is 2.09. The summed E-state index contributed by atoms with van der Waals surface area (Å²) >= 11 is 2.37. The smallest absolute Gasteiger partial charge is 0.0646 e. The van der Waals surface area contributed by atoms with Gasteiger partial charge in [-0.1, -0.05) is 85.5 Å². The summed E-state index contributed by atoms with van der Waals surface area (Å²) in [4.78, 5) is 0. The zero-order chi connectivity index (χ0) is 19.1. The lowest BCUT2D eigenvalue weighted by atomic mass is 10.1. The zero-order valence-electron chi connectivity index (χ0n) is 15.3. The fourth-order valence-electron chi connectivity index (χ4n) is 2.87. The largest absolute Gasteiger partial charge is 0.283 e. The lowest BCUT2D eigenvalue weighted by molar-refractivity contribution is 1.38. The Morgan fingerprint density at radius 3 is 2.19 bits per heavy atom. The highest BCUT2D eigenvalue weighted by Crippen LogP contribution is 2.34. The van der Waals surface area contributed by atoms with Gasteiger partial charge in [-0.25, -0.2) is 0 Å². The van der Waals surface area contributed by atoms with Gasteiger partial charge in [-0.15, -0.1) is 0 Å². The standard InChI is InChI=1S/C25H22IN/c1-3-4-5-7-10-21-13-18-25(20(2)19-21)27(26)24-16-14-23(15-17-24)22-11-8-6-9-12-22/h3-19H,1H2,2H3/b5-4-,10-7?. The van der Waals surface area contributed by atoms with Crippen LogP contribution in [0.1, 0.15) is 11.1 Å². The van der Waals surface area contributed by atoms with E-state index in [9.17, 15) is 0 Å². The number of hydrogen-bond donors (Lipinski definition) is 0. The van der Waals surface area contributed by atoms with Crippen LogP contribution in [0.4, 0.5) is 11.4 Å². The monoisotopic (exact) mass is 463 g/mol. The van der Waals surface area contributed by atoms with Gasteiger partial charge in [0.2, 0.25) is 0 Å². The minimum absolute atomic E-state index is 1.16. The van der Waals surface area contributed by atoms with Crippen molar-refractivity contribution in [1.82, 2.24) is 0 Å². The Balaban J connectivity index is 1.79. The predicted octanol–water partition coefficient (Wildman–Crippen LogP) is 7.91. The molecule has 1 nitrogen and oxygen atoms in total. The van der Waals surface area contributed by atoms with Crippen LogP contribution in [0.5, 0.6) is 0 Å². The SMILES string of the molecule is C=C/C=C\C=Cc1ccc(N(I)c2ccc(-c3ccccc3)cc2)c(C)c1. The normalized spacial score (nSPS) is 11.2. The van der Waals surface area contributed by atoms with Crippen molar-refractivity contribution in [2.24, 2.45) is 0 Å². The van der Waals surface area contributed by atoms with E-state index in [-0.39, 0.29) is 0 Å². The van der Waals surface area contributed by atoms with Crippen molar-refractivity contribution in [3.05, 3.63) is 115 Å². The van der Waals surface area contributed by atoms with Gasteiger partial charge in [0.05, 0.1) is 34.2 Å². The summed E-state index contributed by atoms with van der Waals surface area (Å²) in [5.74, 6) is 0. The molecule has 0 radical (unpaired) electrons. The van der Waals surface area contributed by atoms with Crippen LogP contribution in [0.15, 0.2) is 104 Å². The average molecular weight is 463 g/mol. The molecule has 3 aromatic carbocycles. The van der Waals surface area contributed by atoms with E-state index in [0.717, 1.165) is 5.69 Å². The van der Waals surface area contributed by atoms with Crippen molar-refractivity contribution in [2.45, 2.75) is 6.92 Å². The van der Waals surface area contributed by atoms with Gasteiger partial charge in [0.15, 0.2) is 0 Å². The van der Waals surface area contributed by atoms with Gasteiger partial charge < -0.3 is 0 Å². The molecule has 0 fully saturated rings. The third kappa shape index (κ3) is 4.98. The summed E-state index contributed by atoms with van der Waals surface area (Å²) in [5.41, 5.74) is 7.26. The van der Waals surface area contributed by atoms with Gasteiger partial charge in [-0.2, -0.15) is 0 Å². The Labute approximate surface area is 175 Å². The summed E-state index contributed by atoms with van der Waals surface area (Å²) in [5, 5.41) is 0. The van der Waals surface area contributed by atoms with E-state index in [4.69, 9.17) is 0 Å². The number of nitrogens with zero attached hydrogens (tertiary/aromatic N) is 1. The van der Waals surface area contributed by atoms with Crippen LogP contribution < -0.4 is 3.11 Å². The maximum Gasteiger partial charge on any atom is 0.0646 e. The molecule has 0 saturated carbocycles. The van der Waals surface area contributed by atoms with Crippen molar-refractivity contribution in [1.29, 1.82) is 0 Å². The Hall–Kier alpha value is -2.59. The molecule has 2 heteroatoms. The van der Waals surface area contributed by atoms with Gasteiger partial charge in [-0.3, -0.25) is 3.11 Å². The first-order valence-electron chi connectivity index (χ1n) is 8.87. The maximum atomic E-state index is 3.67. The van der Waals surface area contributed by atoms with E-state index < -0.39 is 0 Å². The molecule has 134 valence electrons. The van der Waals surface area contributed by atoms with Gasteiger partial charge >= 0.3 is 0 Å². The van der Waals surface area contributed by atoms with Gasteiger partial charge in [0.25, 0.3) is 0 Å². The minimum atomic E-state index is 1.16. The van der Waals surface area contributed by atoms with Crippen LogP contribution >= 0.6 is 22.9 Å². The fraction of sp³-hybridized carbons (Fsp3) is 0.0400. The minimum Gasteiger partial charge on any atom is -0.283 e. The van der Waals surface area contributed by atoms with Crippen molar-refractivity contribution in [3.8, 4) is 11.1 Å². The molecule has 27 heavy (non-hydrogen) atoms. The van der Waals surface area contributed by atoms with Crippen molar-refractivity contribution < 1.29 is 0 Å². The molecule has 0 atom stereocenters. The maximum absolute atomic E-state index is 3.67. The number of aryl methyl sites for hydroxylation is 1. The number of allylic oxidation sites excluding steroid dienone is 4. The second-order valence-corrected chi connectivity index (χ2v) is 7.18. The Morgan fingerprint density at radius 2 is 1.52 bits per heavy atom. The summed E-state index contributed by atoms with van der Waals surface area (Å²) in [6.45, 7) is 5.82. The predicted molar refractivity (Wildman–Crippen MR) is 128 cm³/mol. The van der Waals surface area contributed by atoms with E-state index in [0.29, 0.717) is 0 Å². The van der Waals surface area contributed by atoms with Crippen LogP contribution in [0, 0.1) is 6.92 Å². The van der Waals surface area contributed by atoms with Gasteiger partial charge in [0, 0.05) is 0 Å². The lowest BCUT2D eigenvalue weighted by Gasteiger charge is -2.20. The molecule has 0 saturated heterocycles.